The maximum Gasteiger partial charge on any atom is 0.311 e. The highest BCUT2D eigenvalue weighted by Crippen LogP contribution is 2.20. The van der Waals surface area contributed by atoms with Gasteiger partial charge in [-0.2, -0.15) is 0 Å². The Kier molecular flexibility index (Phi) is 10.0. The van der Waals surface area contributed by atoms with Crippen LogP contribution >= 0.6 is 31.9 Å². The van der Waals surface area contributed by atoms with E-state index >= 15 is 0 Å². The van der Waals surface area contributed by atoms with Gasteiger partial charge in [-0.1, -0.05) is 56.1 Å². The Hall–Kier alpha value is -1.21. The van der Waals surface area contributed by atoms with Crippen molar-refractivity contribution >= 4 is 37.8 Å². The van der Waals surface area contributed by atoms with E-state index in [1.807, 2.05) is 45.0 Å². The molecule has 0 bridgehead atoms. The Balaban J connectivity index is 2.04. The van der Waals surface area contributed by atoms with Crippen molar-refractivity contribution in [3.05, 3.63) is 68.6 Å². The molecule has 0 spiro atoms. The zero-order valence-electron chi connectivity index (χ0n) is 17.9. The Labute approximate surface area is 196 Å². The van der Waals surface area contributed by atoms with Crippen LogP contribution in [0, 0.1) is 5.41 Å². The normalized spacial score (nSPS) is 12.8. The molecule has 30 heavy (non-hydrogen) atoms. The third-order valence-corrected chi connectivity index (χ3v) is 5.91. The highest BCUT2D eigenvalue weighted by Gasteiger charge is 2.23. The largest absolute Gasteiger partial charge is 0.465 e. The predicted octanol–water partition coefficient (Wildman–Crippen LogP) is 5.94. The molecule has 0 aliphatic carbocycles. The molecule has 4 nitrogen and oxygen atoms in total. The number of aliphatic hydroxyl groups excluding tert-OH is 1. The van der Waals surface area contributed by atoms with Crippen molar-refractivity contribution in [2.75, 3.05) is 13.2 Å². The summed E-state index contributed by atoms with van der Waals surface area (Å²) in [5.41, 5.74) is 1.88. The van der Waals surface area contributed by atoms with Crippen LogP contribution in [0.5, 0.6) is 0 Å². The van der Waals surface area contributed by atoms with Crippen LogP contribution in [0.25, 0.3) is 0 Å². The minimum Gasteiger partial charge on any atom is -0.465 e. The molecule has 0 unspecified atom stereocenters. The number of ether oxygens (including phenoxy) is 1. The van der Waals surface area contributed by atoms with E-state index in [9.17, 15) is 9.90 Å². The monoisotopic (exact) mass is 539 g/mol. The molecule has 0 fully saturated rings. The fourth-order valence-corrected chi connectivity index (χ4v) is 3.58. The topological polar surface area (TPSA) is 49.8 Å². The van der Waals surface area contributed by atoms with Crippen molar-refractivity contribution in [3.63, 3.8) is 0 Å². The molecule has 0 saturated carbocycles. The number of hydrogen-bond donors (Lipinski definition) is 1. The lowest BCUT2D eigenvalue weighted by Crippen LogP contribution is -2.37. The SMILES string of the molecule is CC(C)(C)C(=O)OCCC[C@H](CO)N(Cc1ccc(Br)cc1)Cc1ccc(Br)cc1. The first-order valence-corrected chi connectivity index (χ1v) is 11.8. The first-order valence-electron chi connectivity index (χ1n) is 10.2. The standard InChI is InChI=1S/C24H31Br2NO3/c1-24(2,3)23(29)30-14-4-5-22(17-28)27(15-18-6-10-20(25)11-7-18)16-19-8-12-21(26)13-9-19/h6-13,22,28H,4-5,14-17H2,1-3H3/t22-/m1/s1. The summed E-state index contributed by atoms with van der Waals surface area (Å²) in [6, 6.07) is 16.5. The molecule has 0 aliphatic rings. The van der Waals surface area contributed by atoms with E-state index in [0.717, 1.165) is 28.5 Å². The molecule has 0 amide bonds. The quantitative estimate of drug-likeness (QED) is 0.299. The second-order valence-corrected chi connectivity index (χ2v) is 10.4. The summed E-state index contributed by atoms with van der Waals surface area (Å²) in [5.74, 6) is -0.190. The first kappa shape index (κ1) is 25.1. The number of hydrogen-bond acceptors (Lipinski definition) is 4. The number of halogens is 2. The van der Waals surface area contributed by atoms with Gasteiger partial charge in [-0.3, -0.25) is 9.69 Å². The number of rotatable bonds is 10. The molecule has 6 heteroatoms. The van der Waals surface area contributed by atoms with E-state index in [1.54, 1.807) is 0 Å². The molecule has 0 aromatic heterocycles. The van der Waals surface area contributed by atoms with E-state index in [0.29, 0.717) is 13.0 Å². The van der Waals surface area contributed by atoms with Crippen molar-refractivity contribution in [1.29, 1.82) is 0 Å². The van der Waals surface area contributed by atoms with Gasteiger partial charge in [0, 0.05) is 28.1 Å². The number of benzene rings is 2. The lowest BCUT2D eigenvalue weighted by atomic mass is 9.97. The van der Waals surface area contributed by atoms with Crippen molar-refractivity contribution in [2.24, 2.45) is 5.41 Å². The number of carbonyl (C=O) groups excluding carboxylic acids is 1. The second kappa shape index (κ2) is 12.0. The molecule has 2 aromatic rings. The Morgan fingerprint density at radius 1 is 0.967 bits per heavy atom. The summed E-state index contributed by atoms with van der Waals surface area (Å²) < 4.78 is 7.49. The summed E-state index contributed by atoms with van der Waals surface area (Å²) in [5, 5.41) is 10.1. The summed E-state index contributed by atoms with van der Waals surface area (Å²) in [7, 11) is 0. The van der Waals surface area contributed by atoms with Gasteiger partial charge in [0.05, 0.1) is 18.6 Å². The molecule has 0 saturated heterocycles. The lowest BCUT2D eigenvalue weighted by molar-refractivity contribution is -0.153. The predicted molar refractivity (Wildman–Crippen MR) is 128 cm³/mol. The van der Waals surface area contributed by atoms with Crippen LogP contribution in [0.2, 0.25) is 0 Å². The zero-order valence-corrected chi connectivity index (χ0v) is 21.1. The molecular weight excluding hydrogens is 510 g/mol. The fourth-order valence-electron chi connectivity index (χ4n) is 3.05. The Bertz CT molecular complexity index is 738. The van der Waals surface area contributed by atoms with Gasteiger partial charge in [0.2, 0.25) is 0 Å². The smallest absolute Gasteiger partial charge is 0.311 e. The van der Waals surface area contributed by atoms with Crippen LogP contribution in [0.1, 0.15) is 44.7 Å². The maximum absolute atomic E-state index is 12.0. The van der Waals surface area contributed by atoms with Crippen LogP contribution in [0.3, 0.4) is 0 Å². The van der Waals surface area contributed by atoms with Gasteiger partial charge in [0.1, 0.15) is 0 Å². The van der Waals surface area contributed by atoms with Gasteiger partial charge in [-0.05, 0) is 69.0 Å². The van der Waals surface area contributed by atoms with Crippen LogP contribution in [-0.2, 0) is 22.6 Å². The third kappa shape index (κ3) is 8.50. The molecule has 2 aromatic carbocycles. The molecule has 164 valence electrons. The van der Waals surface area contributed by atoms with Crippen molar-refractivity contribution in [2.45, 2.75) is 52.7 Å². The van der Waals surface area contributed by atoms with E-state index in [-0.39, 0.29) is 18.6 Å². The minimum atomic E-state index is -0.494. The minimum absolute atomic E-state index is 0.0226. The van der Waals surface area contributed by atoms with E-state index < -0.39 is 5.41 Å². The second-order valence-electron chi connectivity index (χ2n) is 8.52. The number of carbonyl (C=O) groups is 1. The van der Waals surface area contributed by atoms with Gasteiger partial charge in [0.25, 0.3) is 0 Å². The van der Waals surface area contributed by atoms with Crippen molar-refractivity contribution in [1.82, 2.24) is 4.90 Å². The fraction of sp³-hybridized carbons (Fsp3) is 0.458. The van der Waals surface area contributed by atoms with Crippen LogP contribution in [0.4, 0.5) is 0 Å². The third-order valence-electron chi connectivity index (χ3n) is 4.85. The Morgan fingerprint density at radius 2 is 1.43 bits per heavy atom. The number of aliphatic hydroxyl groups is 1. The van der Waals surface area contributed by atoms with Crippen LogP contribution in [-0.4, -0.2) is 35.2 Å². The highest BCUT2D eigenvalue weighted by molar-refractivity contribution is 9.10. The molecule has 0 radical (unpaired) electrons. The molecule has 1 N–H and O–H groups in total. The summed E-state index contributed by atoms with van der Waals surface area (Å²) in [6.07, 6.45) is 1.46. The van der Waals surface area contributed by atoms with Gasteiger partial charge in [-0.25, -0.2) is 0 Å². The van der Waals surface area contributed by atoms with Crippen LogP contribution < -0.4 is 0 Å². The molecule has 0 heterocycles. The summed E-state index contributed by atoms with van der Waals surface area (Å²) in [6.45, 7) is 7.45. The van der Waals surface area contributed by atoms with Gasteiger partial charge >= 0.3 is 5.97 Å². The average molecular weight is 541 g/mol. The van der Waals surface area contributed by atoms with Crippen LogP contribution in [0.15, 0.2) is 57.5 Å². The average Bonchev–Trinajstić information content (AvgIpc) is 2.70. The first-order chi connectivity index (χ1) is 14.2. The summed E-state index contributed by atoms with van der Waals surface area (Å²) in [4.78, 5) is 14.3. The maximum atomic E-state index is 12.0. The van der Waals surface area contributed by atoms with Crippen molar-refractivity contribution < 1.29 is 14.6 Å². The zero-order chi connectivity index (χ0) is 22.1. The number of nitrogens with zero attached hydrogens (tertiary/aromatic N) is 1. The van der Waals surface area contributed by atoms with Gasteiger partial charge in [-0.15, -0.1) is 0 Å². The molecule has 2 rings (SSSR count). The lowest BCUT2D eigenvalue weighted by Gasteiger charge is -2.31. The van der Waals surface area contributed by atoms with Gasteiger partial charge < -0.3 is 9.84 Å². The van der Waals surface area contributed by atoms with E-state index in [2.05, 4.69) is 61.0 Å². The molecule has 0 aliphatic heterocycles. The summed E-state index contributed by atoms with van der Waals surface area (Å²) >= 11 is 6.97. The molecular formula is C24H31Br2NO3. The van der Waals surface area contributed by atoms with Gasteiger partial charge in [0.15, 0.2) is 0 Å². The van der Waals surface area contributed by atoms with E-state index in [4.69, 9.17) is 4.74 Å². The number of esters is 1. The van der Waals surface area contributed by atoms with E-state index in [1.165, 1.54) is 11.1 Å². The van der Waals surface area contributed by atoms with Crippen molar-refractivity contribution in [3.8, 4) is 0 Å². The molecule has 1 atom stereocenters. The highest BCUT2D eigenvalue weighted by atomic mass is 79.9. The Morgan fingerprint density at radius 3 is 1.83 bits per heavy atom.